The number of para-hydroxylation sites is 1. The molecule has 0 saturated heterocycles. The zero-order chi connectivity index (χ0) is 21.1. The zero-order valence-corrected chi connectivity index (χ0v) is 17.8. The van der Waals surface area contributed by atoms with E-state index in [1.807, 2.05) is 54.6 Å². The average molecular weight is 415 g/mol. The number of fused-ring (bicyclic) bond motifs is 1. The molecule has 0 aliphatic heterocycles. The first-order valence-corrected chi connectivity index (χ1v) is 10.4. The van der Waals surface area contributed by atoms with Crippen LogP contribution in [0.5, 0.6) is 0 Å². The van der Waals surface area contributed by atoms with Crippen molar-refractivity contribution in [1.82, 2.24) is 10.3 Å². The summed E-state index contributed by atoms with van der Waals surface area (Å²) >= 11 is 5.94. The molecule has 4 rings (SSSR count). The molecule has 0 bridgehead atoms. The van der Waals surface area contributed by atoms with Crippen LogP contribution in [0.2, 0.25) is 5.02 Å². The van der Waals surface area contributed by atoms with Gasteiger partial charge in [0.05, 0.1) is 16.8 Å². The Bertz CT molecular complexity index is 1220. The largest absolute Gasteiger partial charge is 0.352 e. The Labute approximate surface area is 181 Å². The number of nitrogens with zero attached hydrogens (tertiary/aromatic N) is 1. The van der Waals surface area contributed by atoms with E-state index in [4.69, 9.17) is 16.6 Å². The predicted octanol–water partition coefficient (Wildman–Crippen LogP) is 6.14. The molecular formula is C26H23ClN2O. The molecule has 0 aliphatic rings. The van der Waals surface area contributed by atoms with Crippen molar-refractivity contribution in [3.05, 3.63) is 100 Å². The van der Waals surface area contributed by atoms with Gasteiger partial charge in [-0.1, -0.05) is 54.1 Å². The number of nitrogens with one attached hydrogen (secondary N) is 1. The highest BCUT2D eigenvalue weighted by Gasteiger charge is 2.14. The number of hydrogen-bond donors (Lipinski definition) is 1. The summed E-state index contributed by atoms with van der Waals surface area (Å²) in [6.45, 7) is 4.73. The van der Waals surface area contributed by atoms with Crippen LogP contribution in [0, 0.1) is 13.8 Å². The summed E-state index contributed by atoms with van der Waals surface area (Å²) in [5, 5.41) is 4.62. The van der Waals surface area contributed by atoms with Gasteiger partial charge in [-0.25, -0.2) is 4.98 Å². The van der Waals surface area contributed by atoms with Crippen molar-refractivity contribution in [1.29, 1.82) is 0 Å². The molecular weight excluding hydrogens is 392 g/mol. The van der Waals surface area contributed by atoms with Crippen LogP contribution in [0.15, 0.2) is 72.8 Å². The number of carbonyl (C=O) groups is 1. The molecule has 0 fully saturated rings. The molecule has 1 heterocycles. The highest BCUT2D eigenvalue weighted by atomic mass is 35.5. The number of aromatic nitrogens is 1. The third-order valence-corrected chi connectivity index (χ3v) is 5.63. The Kier molecular flexibility index (Phi) is 5.82. The SMILES string of the molecule is Cc1ccc(-c2cc(C(=O)NCCc3ccc(Cl)cc3)c3ccccc3n2)cc1C. The Morgan fingerprint density at radius 1 is 0.933 bits per heavy atom. The molecule has 1 amide bonds. The number of amides is 1. The minimum absolute atomic E-state index is 0.0901. The van der Waals surface area contributed by atoms with E-state index in [-0.39, 0.29) is 5.91 Å². The highest BCUT2D eigenvalue weighted by Crippen LogP contribution is 2.26. The molecule has 4 aromatic rings. The molecule has 4 heteroatoms. The zero-order valence-electron chi connectivity index (χ0n) is 17.1. The van der Waals surface area contributed by atoms with Crippen molar-refractivity contribution in [2.75, 3.05) is 6.54 Å². The van der Waals surface area contributed by atoms with Crippen molar-refractivity contribution in [2.24, 2.45) is 0 Å². The van der Waals surface area contributed by atoms with Crippen molar-refractivity contribution in [2.45, 2.75) is 20.3 Å². The van der Waals surface area contributed by atoms with Gasteiger partial charge < -0.3 is 5.32 Å². The Hall–Kier alpha value is -3.17. The van der Waals surface area contributed by atoms with Gasteiger partial charge in [-0.3, -0.25) is 4.79 Å². The fourth-order valence-electron chi connectivity index (χ4n) is 3.48. The summed E-state index contributed by atoms with van der Waals surface area (Å²) in [4.78, 5) is 17.9. The Morgan fingerprint density at radius 2 is 1.70 bits per heavy atom. The van der Waals surface area contributed by atoms with Gasteiger partial charge in [-0.05, 0) is 67.3 Å². The van der Waals surface area contributed by atoms with E-state index in [9.17, 15) is 4.79 Å². The van der Waals surface area contributed by atoms with Crippen LogP contribution >= 0.6 is 11.6 Å². The minimum Gasteiger partial charge on any atom is -0.352 e. The molecule has 0 radical (unpaired) electrons. The van der Waals surface area contributed by atoms with E-state index in [2.05, 4.69) is 37.4 Å². The lowest BCUT2D eigenvalue weighted by Gasteiger charge is -2.12. The van der Waals surface area contributed by atoms with Gasteiger partial charge in [0.25, 0.3) is 5.91 Å². The first-order chi connectivity index (χ1) is 14.5. The van der Waals surface area contributed by atoms with Gasteiger partial charge in [0.2, 0.25) is 0 Å². The van der Waals surface area contributed by atoms with Gasteiger partial charge in [0.1, 0.15) is 0 Å². The van der Waals surface area contributed by atoms with E-state index in [0.29, 0.717) is 17.1 Å². The number of aryl methyl sites for hydroxylation is 2. The topological polar surface area (TPSA) is 42.0 Å². The fourth-order valence-corrected chi connectivity index (χ4v) is 3.60. The van der Waals surface area contributed by atoms with Crippen LogP contribution in [0.3, 0.4) is 0 Å². The summed E-state index contributed by atoms with van der Waals surface area (Å²) in [6.07, 6.45) is 0.746. The van der Waals surface area contributed by atoms with E-state index in [0.717, 1.165) is 34.1 Å². The van der Waals surface area contributed by atoms with E-state index in [1.165, 1.54) is 11.1 Å². The van der Waals surface area contributed by atoms with Crippen LogP contribution in [0.4, 0.5) is 0 Å². The van der Waals surface area contributed by atoms with Gasteiger partial charge in [0, 0.05) is 22.5 Å². The minimum atomic E-state index is -0.0901. The van der Waals surface area contributed by atoms with Gasteiger partial charge in [0.15, 0.2) is 0 Å². The van der Waals surface area contributed by atoms with Crippen LogP contribution in [-0.4, -0.2) is 17.4 Å². The molecule has 0 unspecified atom stereocenters. The second kappa shape index (κ2) is 8.68. The lowest BCUT2D eigenvalue weighted by Crippen LogP contribution is -2.26. The molecule has 30 heavy (non-hydrogen) atoms. The molecule has 3 aromatic carbocycles. The second-order valence-electron chi connectivity index (χ2n) is 7.50. The molecule has 0 saturated carbocycles. The second-order valence-corrected chi connectivity index (χ2v) is 7.94. The first kappa shape index (κ1) is 20.1. The van der Waals surface area contributed by atoms with E-state index in [1.54, 1.807) is 0 Å². The van der Waals surface area contributed by atoms with Crippen LogP contribution in [0.1, 0.15) is 27.0 Å². The monoisotopic (exact) mass is 414 g/mol. The highest BCUT2D eigenvalue weighted by molar-refractivity contribution is 6.30. The maximum absolute atomic E-state index is 13.0. The van der Waals surface area contributed by atoms with Crippen LogP contribution < -0.4 is 5.32 Å². The molecule has 0 atom stereocenters. The molecule has 0 spiro atoms. The Morgan fingerprint density at radius 3 is 2.47 bits per heavy atom. The van der Waals surface area contributed by atoms with Gasteiger partial charge in [-0.2, -0.15) is 0 Å². The number of pyridine rings is 1. The molecule has 150 valence electrons. The lowest BCUT2D eigenvalue weighted by atomic mass is 10.0. The van der Waals surface area contributed by atoms with E-state index < -0.39 is 0 Å². The molecule has 1 N–H and O–H groups in total. The third-order valence-electron chi connectivity index (χ3n) is 5.38. The average Bonchev–Trinajstić information content (AvgIpc) is 2.76. The number of hydrogen-bond acceptors (Lipinski definition) is 2. The summed E-state index contributed by atoms with van der Waals surface area (Å²) < 4.78 is 0. The molecule has 0 aliphatic carbocycles. The first-order valence-electron chi connectivity index (χ1n) is 10.0. The quantitative estimate of drug-likeness (QED) is 0.426. The van der Waals surface area contributed by atoms with E-state index >= 15 is 0 Å². The molecule has 1 aromatic heterocycles. The van der Waals surface area contributed by atoms with Gasteiger partial charge >= 0.3 is 0 Å². The van der Waals surface area contributed by atoms with Gasteiger partial charge in [-0.15, -0.1) is 0 Å². The normalized spacial score (nSPS) is 10.9. The lowest BCUT2D eigenvalue weighted by molar-refractivity contribution is 0.0956. The molecule has 3 nitrogen and oxygen atoms in total. The van der Waals surface area contributed by atoms with Crippen molar-refractivity contribution < 1.29 is 4.79 Å². The number of halogens is 1. The maximum atomic E-state index is 13.0. The summed E-state index contributed by atoms with van der Waals surface area (Å²) in [5.41, 5.74) is 6.85. The smallest absolute Gasteiger partial charge is 0.252 e. The fraction of sp³-hybridized carbons (Fsp3) is 0.154. The summed E-state index contributed by atoms with van der Waals surface area (Å²) in [7, 11) is 0. The predicted molar refractivity (Wildman–Crippen MR) is 124 cm³/mol. The third kappa shape index (κ3) is 4.37. The maximum Gasteiger partial charge on any atom is 0.252 e. The van der Waals surface area contributed by atoms with Crippen molar-refractivity contribution in [3.8, 4) is 11.3 Å². The number of rotatable bonds is 5. The summed E-state index contributed by atoms with van der Waals surface area (Å²) in [5.74, 6) is -0.0901. The van der Waals surface area contributed by atoms with Crippen molar-refractivity contribution >= 4 is 28.4 Å². The number of carbonyl (C=O) groups excluding carboxylic acids is 1. The summed E-state index contributed by atoms with van der Waals surface area (Å²) in [6, 6.07) is 23.6. The van der Waals surface area contributed by atoms with Crippen LogP contribution in [-0.2, 0) is 6.42 Å². The van der Waals surface area contributed by atoms with Crippen LogP contribution in [0.25, 0.3) is 22.2 Å². The number of benzene rings is 3. The standard InChI is InChI=1S/C26H23ClN2O/c1-17-7-10-20(15-18(17)2)25-16-23(22-5-3-4-6-24(22)29-25)26(30)28-14-13-19-8-11-21(27)12-9-19/h3-12,15-16H,13-14H2,1-2H3,(H,28,30). The Balaban J connectivity index is 1.62. The van der Waals surface area contributed by atoms with Crippen molar-refractivity contribution in [3.63, 3.8) is 0 Å².